The molecule has 0 spiro atoms. The second-order valence-electron chi connectivity index (χ2n) is 9.84. The zero-order valence-corrected chi connectivity index (χ0v) is 18.6. The van der Waals surface area contributed by atoms with Crippen molar-refractivity contribution in [3.8, 4) is 0 Å². The molecule has 0 aliphatic heterocycles. The number of rotatable bonds is 3. The van der Waals surface area contributed by atoms with Crippen molar-refractivity contribution in [3.63, 3.8) is 0 Å². The molecule has 1 N–H and O–H groups in total. The first-order valence-corrected chi connectivity index (χ1v) is 13.2. The fraction of sp³-hybridized carbons (Fsp3) is 1.00. The van der Waals surface area contributed by atoms with Gasteiger partial charge < -0.3 is 5.32 Å². The molecule has 2 rings (SSSR count). The molecule has 2 aliphatic rings. The SMILES string of the molecule is C1CCCCCCC(CNC2CCCCCCCCCCC2)CCCCC1. The van der Waals surface area contributed by atoms with Crippen LogP contribution in [0.4, 0.5) is 0 Å². The van der Waals surface area contributed by atoms with Gasteiger partial charge in [0.2, 0.25) is 0 Å². The van der Waals surface area contributed by atoms with E-state index in [0.29, 0.717) is 0 Å². The van der Waals surface area contributed by atoms with Crippen molar-refractivity contribution in [2.24, 2.45) is 5.92 Å². The van der Waals surface area contributed by atoms with Gasteiger partial charge in [-0.05, 0) is 38.1 Å². The van der Waals surface area contributed by atoms with Crippen molar-refractivity contribution in [2.45, 2.75) is 154 Å². The third-order valence-corrected chi connectivity index (χ3v) is 7.28. The molecule has 2 saturated carbocycles. The molecule has 0 unspecified atom stereocenters. The maximum Gasteiger partial charge on any atom is 0.00671 e. The Kier molecular flexibility index (Phi) is 14.5. The molecule has 160 valence electrons. The Hall–Kier alpha value is -0.0400. The summed E-state index contributed by atoms with van der Waals surface area (Å²) in [5, 5.41) is 4.07. The third kappa shape index (κ3) is 12.9. The first kappa shape index (κ1) is 23.2. The van der Waals surface area contributed by atoms with Gasteiger partial charge >= 0.3 is 0 Å². The van der Waals surface area contributed by atoms with Crippen LogP contribution in [0.25, 0.3) is 0 Å². The lowest BCUT2D eigenvalue weighted by molar-refractivity contribution is 0.336. The van der Waals surface area contributed by atoms with E-state index in [2.05, 4.69) is 5.32 Å². The summed E-state index contributed by atoms with van der Waals surface area (Å²) in [6, 6.07) is 0.814. The molecule has 0 saturated heterocycles. The summed E-state index contributed by atoms with van der Waals surface area (Å²) in [6.07, 6.45) is 34.0. The zero-order valence-electron chi connectivity index (χ0n) is 18.6. The van der Waals surface area contributed by atoms with Crippen LogP contribution in [0, 0.1) is 5.92 Å². The van der Waals surface area contributed by atoms with Gasteiger partial charge in [0.25, 0.3) is 0 Å². The van der Waals surface area contributed by atoms with Crippen LogP contribution in [-0.4, -0.2) is 12.6 Å². The summed E-state index contributed by atoms with van der Waals surface area (Å²) in [7, 11) is 0. The van der Waals surface area contributed by atoms with E-state index >= 15 is 0 Å². The fourth-order valence-corrected chi connectivity index (χ4v) is 5.33. The molecule has 0 aromatic rings. The lowest BCUT2D eigenvalue weighted by Crippen LogP contribution is -2.33. The molecule has 27 heavy (non-hydrogen) atoms. The number of hydrogen-bond donors (Lipinski definition) is 1. The van der Waals surface area contributed by atoms with Crippen molar-refractivity contribution in [2.75, 3.05) is 6.54 Å². The smallest absolute Gasteiger partial charge is 0.00671 e. The molecule has 0 aromatic heterocycles. The molecule has 0 aromatic carbocycles. The van der Waals surface area contributed by atoms with Gasteiger partial charge in [0, 0.05) is 6.04 Å². The molecule has 0 bridgehead atoms. The summed E-state index contributed by atoms with van der Waals surface area (Å²) in [5.41, 5.74) is 0. The van der Waals surface area contributed by atoms with Crippen LogP contribution < -0.4 is 5.32 Å². The number of nitrogens with one attached hydrogen (secondary N) is 1. The minimum absolute atomic E-state index is 0.814. The van der Waals surface area contributed by atoms with E-state index in [1.807, 2.05) is 0 Å². The van der Waals surface area contributed by atoms with Crippen molar-refractivity contribution in [3.05, 3.63) is 0 Å². The predicted octanol–water partition coefficient (Wildman–Crippen LogP) is 8.56. The maximum absolute atomic E-state index is 4.07. The summed E-state index contributed by atoms with van der Waals surface area (Å²) in [5.74, 6) is 0.951. The first-order valence-electron chi connectivity index (χ1n) is 13.2. The lowest BCUT2D eigenvalue weighted by atomic mass is 9.93. The molecular weight excluding hydrogens is 326 g/mol. The first-order chi connectivity index (χ1) is 13.4. The van der Waals surface area contributed by atoms with Gasteiger partial charge in [0.1, 0.15) is 0 Å². The van der Waals surface area contributed by atoms with Crippen LogP contribution in [-0.2, 0) is 0 Å². The summed E-state index contributed by atoms with van der Waals surface area (Å²) in [6.45, 7) is 1.31. The number of hydrogen-bond acceptors (Lipinski definition) is 1. The largest absolute Gasteiger partial charge is 0.314 e. The van der Waals surface area contributed by atoms with Crippen molar-refractivity contribution in [1.29, 1.82) is 0 Å². The Bertz CT molecular complexity index is 287. The average molecular weight is 378 g/mol. The maximum atomic E-state index is 4.07. The van der Waals surface area contributed by atoms with E-state index in [1.165, 1.54) is 154 Å². The second kappa shape index (κ2) is 16.9. The highest BCUT2D eigenvalue weighted by Gasteiger charge is 2.14. The summed E-state index contributed by atoms with van der Waals surface area (Å²) in [4.78, 5) is 0. The quantitative estimate of drug-likeness (QED) is 0.519. The highest BCUT2D eigenvalue weighted by atomic mass is 14.9. The second-order valence-corrected chi connectivity index (χ2v) is 9.84. The minimum Gasteiger partial charge on any atom is -0.314 e. The van der Waals surface area contributed by atoms with E-state index in [1.54, 1.807) is 0 Å². The highest BCUT2D eigenvalue weighted by molar-refractivity contribution is 4.72. The van der Waals surface area contributed by atoms with Crippen molar-refractivity contribution in [1.82, 2.24) is 5.32 Å². The summed E-state index contributed by atoms with van der Waals surface area (Å²) >= 11 is 0. The van der Waals surface area contributed by atoms with Crippen LogP contribution in [0.15, 0.2) is 0 Å². The Morgan fingerprint density at radius 3 is 1.04 bits per heavy atom. The third-order valence-electron chi connectivity index (χ3n) is 7.28. The Morgan fingerprint density at radius 2 is 0.667 bits per heavy atom. The van der Waals surface area contributed by atoms with Gasteiger partial charge in [-0.1, -0.05) is 122 Å². The van der Waals surface area contributed by atoms with Gasteiger partial charge in [-0.2, -0.15) is 0 Å². The van der Waals surface area contributed by atoms with Crippen LogP contribution in [0.5, 0.6) is 0 Å². The standard InChI is InChI=1S/C26H51N/c1-2-5-9-13-17-21-25(20-16-12-8-4-1)24-27-26-22-18-14-10-6-3-7-11-15-19-23-26/h25-27H,1-24H2. The van der Waals surface area contributed by atoms with Gasteiger partial charge in [-0.15, -0.1) is 0 Å². The lowest BCUT2D eigenvalue weighted by Gasteiger charge is -2.24. The normalized spacial score (nSPS) is 25.3. The Morgan fingerprint density at radius 1 is 0.370 bits per heavy atom. The van der Waals surface area contributed by atoms with Crippen LogP contribution in [0.3, 0.4) is 0 Å². The van der Waals surface area contributed by atoms with Gasteiger partial charge in [-0.3, -0.25) is 0 Å². The van der Waals surface area contributed by atoms with Gasteiger partial charge in [0.05, 0.1) is 0 Å². The monoisotopic (exact) mass is 377 g/mol. The molecular formula is C26H51N. The molecule has 0 radical (unpaired) electrons. The molecule has 2 fully saturated rings. The highest BCUT2D eigenvalue weighted by Crippen LogP contribution is 2.22. The molecule has 0 heterocycles. The van der Waals surface area contributed by atoms with E-state index in [-0.39, 0.29) is 0 Å². The molecule has 2 aliphatic carbocycles. The average Bonchev–Trinajstić information content (AvgIpc) is 2.69. The molecule has 1 nitrogen and oxygen atoms in total. The molecule has 0 atom stereocenters. The Labute approximate surface area is 171 Å². The topological polar surface area (TPSA) is 12.0 Å². The zero-order chi connectivity index (χ0) is 18.8. The summed E-state index contributed by atoms with van der Waals surface area (Å²) < 4.78 is 0. The van der Waals surface area contributed by atoms with Crippen molar-refractivity contribution >= 4 is 0 Å². The van der Waals surface area contributed by atoms with Crippen LogP contribution in [0.2, 0.25) is 0 Å². The molecule has 0 amide bonds. The fourth-order valence-electron chi connectivity index (χ4n) is 5.33. The van der Waals surface area contributed by atoms with Gasteiger partial charge in [0.15, 0.2) is 0 Å². The molecule has 1 heteroatoms. The van der Waals surface area contributed by atoms with Gasteiger partial charge in [-0.25, -0.2) is 0 Å². The van der Waals surface area contributed by atoms with E-state index in [4.69, 9.17) is 0 Å². The Balaban J connectivity index is 1.70. The van der Waals surface area contributed by atoms with E-state index in [0.717, 1.165) is 12.0 Å². The van der Waals surface area contributed by atoms with E-state index in [9.17, 15) is 0 Å². The van der Waals surface area contributed by atoms with Crippen molar-refractivity contribution < 1.29 is 0 Å². The van der Waals surface area contributed by atoms with Crippen LogP contribution >= 0.6 is 0 Å². The minimum atomic E-state index is 0.814. The van der Waals surface area contributed by atoms with Crippen LogP contribution in [0.1, 0.15) is 148 Å². The van der Waals surface area contributed by atoms with E-state index < -0.39 is 0 Å². The predicted molar refractivity (Wildman–Crippen MR) is 121 cm³/mol.